The van der Waals surface area contributed by atoms with E-state index >= 15 is 0 Å². The molecular formula is C14H24N2O2S. The monoisotopic (exact) mass is 284 g/mol. The summed E-state index contributed by atoms with van der Waals surface area (Å²) in [7, 11) is 0. The van der Waals surface area contributed by atoms with E-state index < -0.39 is 0 Å². The van der Waals surface area contributed by atoms with E-state index in [0.717, 1.165) is 28.9 Å². The summed E-state index contributed by atoms with van der Waals surface area (Å²) >= 11 is 1.61. The Morgan fingerprint density at radius 2 is 2.11 bits per heavy atom. The fourth-order valence-corrected chi connectivity index (χ4v) is 3.57. The summed E-state index contributed by atoms with van der Waals surface area (Å²) in [4.78, 5) is 8.07. The van der Waals surface area contributed by atoms with E-state index in [1.807, 2.05) is 0 Å². The van der Waals surface area contributed by atoms with Crippen LogP contribution in [0.15, 0.2) is 0 Å². The molecule has 1 N–H and O–H groups in total. The van der Waals surface area contributed by atoms with Crippen molar-refractivity contribution in [3.05, 3.63) is 10.6 Å². The molecule has 2 unspecified atom stereocenters. The fourth-order valence-electron chi connectivity index (χ4n) is 2.33. The molecule has 1 aliphatic rings. The van der Waals surface area contributed by atoms with Crippen LogP contribution in [0.25, 0.3) is 0 Å². The molecular weight excluding hydrogens is 260 g/mol. The Labute approximate surface area is 119 Å². The van der Waals surface area contributed by atoms with Crippen molar-refractivity contribution in [3.63, 3.8) is 0 Å². The molecule has 1 saturated heterocycles. The minimum absolute atomic E-state index is 0.0338. The second-order valence-corrected chi connectivity index (χ2v) is 7.38. The van der Waals surface area contributed by atoms with Gasteiger partial charge < -0.3 is 14.7 Å². The highest BCUT2D eigenvalue weighted by molar-refractivity contribution is 7.15. The number of thiazole rings is 1. The second kappa shape index (κ2) is 5.38. The molecule has 1 aliphatic heterocycles. The first-order valence-electron chi connectivity index (χ1n) is 6.82. The topological polar surface area (TPSA) is 45.6 Å². The van der Waals surface area contributed by atoms with Crippen molar-refractivity contribution >= 4 is 16.5 Å². The molecule has 0 saturated carbocycles. The molecule has 2 heterocycles. The minimum Gasteiger partial charge on any atom is -0.391 e. The molecule has 19 heavy (non-hydrogen) atoms. The van der Waals surface area contributed by atoms with Gasteiger partial charge in [-0.15, -0.1) is 0 Å². The Morgan fingerprint density at radius 1 is 1.42 bits per heavy atom. The van der Waals surface area contributed by atoms with E-state index in [-0.39, 0.29) is 18.1 Å². The van der Waals surface area contributed by atoms with Gasteiger partial charge in [-0.05, 0) is 13.8 Å². The Bertz CT molecular complexity index is 439. The van der Waals surface area contributed by atoms with Crippen LogP contribution in [0, 0.1) is 0 Å². The normalized spacial score (nSPS) is 24.8. The van der Waals surface area contributed by atoms with Crippen LogP contribution in [-0.2, 0) is 16.8 Å². The summed E-state index contributed by atoms with van der Waals surface area (Å²) in [6, 6.07) is 0.335. The number of rotatable bonds is 2. The van der Waals surface area contributed by atoms with Gasteiger partial charge in [0.2, 0.25) is 0 Å². The lowest BCUT2D eigenvalue weighted by molar-refractivity contribution is 0.0343. The van der Waals surface area contributed by atoms with Crippen molar-refractivity contribution in [3.8, 4) is 0 Å². The van der Waals surface area contributed by atoms with Crippen molar-refractivity contribution in [2.24, 2.45) is 0 Å². The number of hydrogen-bond acceptors (Lipinski definition) is 5. The van der Waals surface area contributed by atoms with E-state index in [0.29, 0.717) is 6.04 Å². The van der Waals surface area contributed by atoms with Gasteiger partial charge in [-0.2, -0.15) is 0 Å². The standard InChI is InChI=1S/C14H24N2O2S/c1-9-8-18-10(2)6-16(9)13-15-12(14(3,4)5)11(7-17)19-13/h9-10,17H,6-8H2,1-5H3. The van der Waals surface area contributed by atoms with E-state index in [1.165, 1.54) is 0 Å². The molecule has 1 aromatic rings. The Morgan fingerprint density at radius 3 is 2.63 bits per heavy atom. The van der Waals surface area contributed by atoms with Crippen LogP contribution >= 0.6 is 11.3 Å². The maximum absolute atomic E-state index is 9.54. The van der Waals surface area contributed by atoms with Crippen LogP contribution in [-0.4, -0.2) is 35.4 Å². The molecule has 5 heteroatoms. The fraction of sp³-hybridized carbons (Fsp3) is 0.786. The summed E-state index contributed by atoms with van der Waals surface area (Å²) < 4.78 is 5.66. The number of aliphatic hydroxyl groups is 1. The third-order valence-electron chi connectivity index (χ3n) is 3.39. The van der Waals surface area contributed by atoms with Gasteiger partial charge in [-0.25, -0.2) is 4.98 Å². The quantitative estimate of drug-likeness (QED) is 0.906. The molecule has 2 rings (SSSR count). The molecule has 1 aromatic heterocycles. The van der Waals surface area contributed by atoms with Crippen LogP contribution < -0.4 is 4.90 Å². The SMILES string of the molecule is CC1CN(c2nc(C(C)(C)C)c(CO)s2)C(C)CO1. The van der Waals surface area contributed by atoms with Crippen molar-refractivity contribution in [2.45, 2.75) is 58.8 Å². The molecule has 0 aromatic carbocycles. The zero-order valence-electron chi connectivity index (χ0n) is 12.4. The molecule has 0 spiro atoms. The molecule has 2 atom stereocenters. The molecule has 0 radical (unpaired) electrons. The van der Waals surface area contributed by atoms with E-state index in [4.69, 9.17) is 9.72 Å². The number of aromatic nitrogens is 1. The van der Waals surface area contributed by atoms with Crippen molar-refractivity contribution in [2.75, 3.05) is 18.1 Å². The predicted molar refractivity (Wildman–Crippen MR) is 79.0 cm³/mol. The summed E-state index contributed by atoms with van der Waals surface area (Å²) in [5.41, 5.74) is 0.981. The zero-order chi connectivity index (χ0) is 14.2. The van der Waals surface area contributed by atoms with Gasteiger partial charge in [-0.1, -0.05) is 32.1 Å². The number of morpholine rings is 1. The van der Waals surface area contributed by atoms with Crippen molar-refractivity contribution in [1.29, 1.82) is 0 Å². The number of hydrogen-bond donors (Lipinski definition) is 1. The Kier molecular flexibility index (Phi) is 4.18. The van der Waals surface area contributed by atoms with Crippen LogP contribution in [0.1, 0.15) is 45.2 Å². The lowest BCUT2D eigenvalue weighted by Gasteiger charge is -2.36. The largest absolute Gasteiger partial charge is 0.391 e. The molecule has 1 fully saturated rings. The molecule has 4 nitrogen and oxygen atoms in total. The van der Waals surface area contributed by atoms with Crippen LogP contribution in [0.4, 0.5) is 5.13 Å². The summed E-state index contributed by atoms with van der Waals surface area (Å²) in [6.45, 7) is 12.3. The molecule has 108 valence electrons. The summed E-state index contributed by atoms with van der Waals surface area (Å²) in [5, 5.41) is 10.5. The average molecular weight is 284 g/mol. The maximum atomic E-state index is 9.54. The lowest BCUT2D eigenvalue weighted by Crippen LogP contribution is -2.47. The minimum atomic E-state index is -0.0338. The smallest absolute Gasteiger partial charge is 0.186 e. The predicted octanol–water partition coefficient (Wildman–Crippen LogP) is 2.55. The van der Waals surface area contributed by atoms with E-state index in [2.05, 4.69) is 39.5 Å². The van der Waals surface area contributed by atoms with Crippen molar-refractivity contribution < 1.29 is 9.84 Å². The number of nitrogens with zero attached hydrogens (tertiary/aromatic N) is 2. The van der Waals surface area contributed by atoms with Gasteiger partial charge in [0.15, 0.2) is 5.13 Å². The summed E-state index contributed by atoms with van der Waals surface area (Å²) in [6.07, 6.45) is 0.232. The number of ether oxygens (including phenoxy) is 1. The first kappa shape index (κ1) is 14.8. The van der Waals surface area contributed by atoms with E-state index in [1.54, 1.807) is 11.3 Å². The van der Waals surface area contributed by atoms with Gasteiger partial charge in [0.1, 0.15) is 0 Å². The van der Waals surface area contributed by atoms with Crippen LogP contribution in [0.5, 0.6) is 0 Å². The maximum Gasteiger partial charge on any atom is 0.186 e. The third-order valence-corrected chi connectivity index (χ3v) is 4.47. The molecule has 0 aliphatic carbocycles. The first-order chi connectivity index (χ1) is 8.82. The average Bonchev–Trinajstić information content (AvgIpc) is 2.76. The third kappa shape index (κ3) is 3.09. The Balaban J connectivity index is 2.32. The van der Waals surface area contributed by atoms with Gasteiger partial charge >= 0.3 is 0 Å². The van der Waals surface area contributed by atoms with Crippen molar-refractivity contribution in [1.82, 2.24) is 4.98 Å². The lowest BCUT2D eigenvalue weighted by atomic mass is 9.91. The van der Waals surface area contributed by atoms with Gasteiger partial charge in [0, 0.05) is 12.0 Å². The Hall–Kier alpha value is -0.650. The van der Waals surface area contributed by atoms with Gasteiger partial charge in [0.05, 0.1) is 35.9 Å². The highest BCUT2D eigenvalue weighted by Crippen LogP contribution is 2.35. The van der Waals surface area contributed by atoms with Gasteiger partial charge in [-0.3, -0.25) is 0 Å². The molecule has 0 bridgehead atoms. The van der Waals surface area contributed by atoms with E-state index in [9.17, 15) is 5.11 Å². The highest BCUT2D eigenvalue weighted by atomic mass is 32.1. The van der Waals surface area contributed by atoms with Gasteiger partial charge in [0.25, 0.3) is 0 Å². The second-order valence-electron chi connectivity index (χ2n) is 6.32. The number of aliphatic hydroxyl groups excluding tert-OH is 1. The van der Waals surface area contributed by atoms with Crippen LogP contribution in [0.2, 0.25) is 0 Å². The summed E-state index contributed by atoms with van der Waals surface area (Å²) in [5.74, 6) is 0. The van der Waals surface area contributed by atoms with Crippen LogP contribution in [0.3, 0.4) is 0 Å². The highest BCUT2D eigenvalue weighted by Gasteiger charge is 2.29. The first-order valence-corrected chi connectivity index (χ1v) is 7.64. The molecule has 0 amide bonds. The zero-order valence-corrected chi connectivity index (χ0v) is 13.3. The number of anilines is 1.